The van der Waals surface area contributed by atoms with Crippen molar-refractivity contribution >= 4 is 5.82 Å². The monoisotopic (exact) mass is 341 g/mol. The molecule has 7 nitrogen and oxygen atoms in total. The highest BCUT2D eigenvalue weighted by Crippen LogP contribution is 2.53. The number of aromatic nitrogens is 2. The van der Waals surface area contributed by atoms with Crippen LogP contribution in [0.5, 0.6) is 0 Å². The van der Waals surface area contributed by atoms with Crippen LogP contribution in [0.4, 0.5) is 5.82 Å². The van der Waals surface area contributed by atoms with Gasteiger partial charge in [-0.15, -0.1) is 0 Å². The first-order valence-corrected chi connectivity index (χ1v) is 8.60. The van der Waals surface area contributed by atoms with Crippen LogP contribution in [-0.4, -0.2) is 45.3 Å². The number of aliphatic hydroxyl groups excluding tert-OH is 1. The first-order valence-electron chi connectivity index (χ1n) is 8.60. The molecule has 1 saturated heterocycles. The number of aliphatic hydroxyl groups is 1. The molecule has 2 fully saturated rings. The van der Waals surface area contributed by atoms with Crippen molar-refractivity contribution in [1.82, 2.24) is 14.5 Å². The largest absolute Gasteiger partial charge is 0.395 e. The molecule has 2 heterocycles. The van der Waals surface area contributed by atoms with Gasteiger partial charge in [0.2, 0.25) is 0 Å². The topological polar surface area (TPSA) is 110 Å². The Kier molecular flexibility index (Phi) is 4.07. The van der Waals surface area contributed by atoms with E-state index in [1.165, 1.54) is 10.1 Å². The Morgan fingerprint density at radius 3 is 2.48 bits per heavy atom. The highest BCUT2D eigenvalue weighted by Gasteiger charge is 2.57. The summed E-state index contributed by atoms with van der Waals surface area (Å²) in [6.45, 7) is 3.07. The molecule has 1 aromatic carbocycles. The smallest absolute Gasteiger partial charge is 0.354 e. The summed E-state index contributed by atoms with van der Waals surface area (Å²) >= 11 is 0. The third-order valence-corrected chi connectivity index (χ3v) is 5.49. The Labute approximate surface area is 145 Å². The van der Waals surface area contributed by atoms with E-state index >= 15 is 0 Å². The number of rotatable bonds is 5. The number of benzene rings is 1. The molecule has 0 amide bonds. The first kappa shape index (κ1) is 16.3. The van der Waals surface area contributed by atoms with E-state index in [9.17, 15) is 9.90 Å². The van der Waals surface area contributed by atoms with E-state index in [1.807, 2.05) is 24.3 Å². The number of hydrogen-bond donors (Lipinski definition) is 3. The van der Waals surface area contributed by atoms with Crippen molar-refractivity contribution in [2.75, 3.05) is 25.4 Å². The van der Waals surface area contributed by atoms with E-state index in [1.54, 1.807) is 12.3 Å². The number of anilines is 1. The van der Waals surface area contributed by atoms with E-state index in [0.717, 1.165) is 25.3 Å². The minimum atomic E-state index is -0.376. The molecule has 7 heteroatoms. The summed E-state index contributed by atoms with van der Waals surface area (Å²) in [6.07, 6.45) is 1.64. The second-order valence-corrected chi connectivity index (χ2v) is 7.12. The summed E-state index contributed by atoms with van der Waals surface area (Å²) < 4.78 is 1.48. The van der Waals surface area contributed by atoms with Crippen LogP contribution in [-0.2, 0) is 6.54 Å². The van der Waals surface area contributed by atoms with Gasteiger partial charge in [-0.05, 0) is 41.5 Å². The lowest BCUT2D eigenvalue weighted by Gasteiger charge is -2.21. The van der Waals surface area contributed by atoms with Gasteiger partial charge >= 0.3 is 5.69 Å². The molecule has 5 N–H and O–H groups in total. The molecule has 1 saturated carbocycles. The first-order chi connectivity index (χ1) is 12.1. The molecule has 0 radical (unpaired) electrons. The molecule has 1 aliphatic carbocycles. The van der Waals surface area contributed by atoms with Gasteiger partial charge < -0.3 is 16.6 Å². The molecule has 4 rings (SSSR count). The van der Waals surface area contributed by atoms with Gasteiger partial charge in [0.1, 0.15) is 5.82 Å². The number of nitrogens with two attached hydrogens (primary N) is 2. The molecule has 1 unspecified atom stereocenters. The summed E-state index contributed by atoms with van der Waals surface area (Å²) in [6, 6.07) is 9.48. The summed E-state index contributed by atoms with van der Waals surface area (Å²) in [7, 11) is 0. The van der Waals surface area contributed by atoms with Crippen molar-refractivity contribution in [3.05, 3.63) is 52.6 Å². The Hall–Kier alpha value is -2.22. The van der Waals surface area contributed by atoms with E-state index in [-0.39, 0.29) is 24.2 Å². The van der Waals surface area contributed by atoms with Crippen molar-refractivity contribution in [2.45, 2.75) is 12.6 Å². The van der Waals surface area contributed by atoms with Gasteiger partial charge in [0, 0.05) is 31.9 Å². The number of nitrogen functional groups attached to an aromatic ring is 1. The number of nitrogens with zero attached hydrogens (tertiary/aromatic N) is 3. The molecule has 2 aliphatic rings. The average Bonchev–Trinajstić information content (AvgIpc) is 3.11. The zero-order chi connectivity index (χ0) is 17.6. The van der Waals surface area contributed by atoms with Crippen LogP contribution < -0.4 is 17.2 Å². The quantitative estimate of drug-likeness (QED) is 0.695. The SMILES string of the molecule is Nc1ccn(-c2ccc(CN3C[C@@H]4C([C@H](N)CO)[C@@H]4C3)cc2)c(=O)n1. The molecule has 25 heavy (non-hydrogen) atoms. The van der Waals surface area contributed by atoms with Gasteiger partial charge in [-0.1, -0.05) is 12.1 Å². The maximum Gasteiger partial charge on any atom is 0.354 e. The van der Waals surface area contributed by atoms with Crippen LogP contribution in [0.1, 0.15) is 5.56 Å². The Bertz CT molecular complexity index is 807. The normalized spacial score (nSPS) is 26.4. The lowest BCUT2D eigenvalue weighted by Crippen LogP contribution is -2.33. The van der Waals surface area contributed by atoms with Crippen molar-refractivity contribution < 1.29 is 5.11 Å². The van der Waals surface area contributed by atoms with Crippen molar-refractivity contribution in [3.63, 3.8) is 0 Å². The van der Waals surface area contributed by atoms with Crippen LogP contribution in [0.2, 0.25) is 0 Å². The predicted molar refractivity (Wildman–Crippen MR) is 95.1 cm³/mol. The Morgan fingerprint density at radius 1 is 1.20 bits per heavy atom. The van der Waals surface area contributed by atoms with Gasteiger partial charge in [0.05, 0.1) is 12.3 Å². The van der Waals surface area contributed by atoms with Crippen LogP contribution >= 0.6 is 0 Å². The minimum absolute atomic E-state index is 0.0664. The summed E-state index contributed by atoms with van der Waals surface area (Å²) in [5, 5.41) is 9.18. The molecule has 2 aromatic rings. The van der Waals surface area contributed by atoms with Crippen molar-refractivity contribution in [2.24, 2.45) is 23.5 Å². The van der Waals surface area contributed by atoms with Crippen LogP contribution in [0, 0.1) is 17.8 Å². The van der Waals surface area contributed by atoms with E-state index in [0.29, 0.717) is 17.8 Å². The maximum atomic E-state index is 11.9. The molecule has 1 aromatic heterocycles. The van der Waals surface area contributed by atoms with E-state index in [2.05, 4.69) is 9.88 Å². The standard InChI is InChI=1S/C18H23N5O2/c19-15(10-24)17-13-8-22(9-14(13)17)7-11-1-3-12(4-2-11)23-6-5-16(20)21-18(23)25/h1-6,13-15,17,24H,7-10,19H2,(H2,20,21,25)/t13-,14+,15-,17?/m1/s1. The number of hydrogen-bond acceptors (Lipinski definition) is 6. The zero-order valence-electron chi connectivity index (χ0n) is 14.0. The number of piperidine rings is 1. The molecule has 4 atom stereocenters. The molecule has 132 valence electrons. The zero-order valence-corrected chi connectivity index (χ0v) is 14.0. The number of fused-ring (bicyclic) bond motifs is 1. The van der Waals surface area contributed by atoms with Crippen molar-refractivity contribution in [3.8, 4) is 5.69 Å². The molecular weight excluding hydrogens is 318 g/mol. The highest BCUT2D eigenvalue weighted by atomic mass is 16.3. The lowest BCUT2D eigenvalue weighted by atomic mass is 10.1. The van der Waals surface area contributed by atoms with Crippen LogP contribution in [0.25, 0.3) is 5.69 Å². The van der Waals surface area contributed by atoms with Gasteiger partial charge in [0.25, 0.3) is 0 Å². The fraction of sp³-hybridized carbons (Fsp3) is 0.444. The lowest BCUT2D eigenvalue weighted by molar-refractivity contribution is 0.218. The Balaban J connectivity index is 1.39. The Morgan fingerprint density at radius 2 is 1.88 bits per heavy atom. The van der Waals surface area contributed by atoms with E-state index in [4.69, 9.17) is 11.5 Å². The predicted octanol–water partition coefficient (Wildman–Crippen LogP) is -0.188. The fourth-order valence-corrected chi connectivity index (χ4v) is 4.18. The van der Waals surface area contributed by atoms with Gasteiger partial charge in [-0.3, -0.25) is 9.47 Å². The fourth-order valence-electron chi connectivity index (χ4n) is 4.18. The number of likely N-dealkylation sites (tertiary alicyclic amines) is 1. The van der Waals surface area contributed by atoms with Gasteiger partial charge in [-0.2, -0.15) is 4.98 Å². The second-order valence-electron chi connectivity index (χ2n) is 7.12. The minimum Gasteiger partial charge on any atom is -0.395 e. The summed E-state index contributed by atoms with van der Waals surface area (Å²) in [5.74, 6) is 2.00. The van der Waals surface area contributed by atoms with Crippen LogP contribution in [0.15, 0.2) is 41.3 Å². The van der Waals surface area contributed by atoms with Crippen LogP contribution in [0.3, 0.4) is 0 Å². The summed E-state index contributed by atoms with van der Waals surface area (Å²) in [5.41, 5.74) is 13.1. The van der Waals surface area contributed by atoms with Gasteiger partial charge in [0.15, 0.2) is 0 Å². The van der Waals surface area contributed by atoms with E-state index < -0.39 is 0 Å². The molecule has 0 bridgehead atoms. The maximum absolute atomic E-state index is 11.9. The highest BCUT2D eigenvalue weighted by molar-refractivity contribution is 5.36. The average molecular weight is 341 g/mol. The molecular formula is C18H23N5O2. The third-order valence-electron chi connectivity index (χ3n) is 5.49. The summed E-state index contributed by atoms with van der Waals surface area (Å²) in [4.78, 5) is 18.1. The van der Waals surface area contributed by atoms with Gasteiger partial charge in [-0.25, -0.2) is 4.79 Å². The molecule has 1 aliphatic heterocycles. The third kappa shape index (κ3) is 3.06. The second kappa shape index (κ2) is 6.25. The molecule has 0 spiro atoms. The van der Waals surface area contributed by atoms with Crippen molar-refractivity contribution in [1.29, 1.82) is 0 Å².